The van der Waals surface area contributed by atoms with Crippen LogP contribution in [0.25, 0.3) is 10.8 Å². The number of fused-ring (bicyclic) bond motifs is 1. The third-order valence-electron chi connectivity index (χ3n) is 3.32. The first kappa shape index (κ1) is 11.8. The van der Waals surface area contributed by atoms with Crippen molar-refractivity contribution in [2.45, 2.75) is 20.0 Å². The van der Waals surface area contributed by atoms with Gasteiger partial charge in [-0.1, -0.05) is 42.5 Å². The van der Waals surface area contributed by atoms with Crippen LogP contribution in [0.4, 0.5) is 5.69 Å². The molecule has 1 aromatic heterocycles. The number of hydrogen-bond donors (Lipinski definition) is 1. The molecular formula is C16H17N3. The van der Waals surface area contributed by atoms with Crippen LogP contribution in [0.2, 0.25) is 0 Å². The molecule has 0 saturated carbocycles. The molecular weight excluding hydrogens is 234 g/mol. The maximum Gasteiger partial charge on any atom is 0.0729 e. The molecule has 2 aromatic carbocycles. The molecule has 0 spiro atoms. The molecule has 3 rings (SSSR count). The second kappa shape index (κ2) is 5.14. The number of nitrogens with one attached hydrogen (secondary N) is 1. The molecule has 3 heteroatoms. The molecule has 0 saturated heterocycles. The van der Waals surface area contributed by atoms with Gasteiger partial charge in [-0.05, 0) is 23.3 Å². The zero-order chi connectivity index (χ0) is 13.1. The van der Waals surface area contributed by atoms with E-state index in [4.69, 9.17) is 0 Å². The van der Waals surface area contributed by atoms with Crippen molar-refractivity contribution >= 4 is 16.5 Å². The Bertz CT molecular complexity index is 680. The minimum Gasteiger partial charge on any atom is -0.378 e. The lowest BCUT2D eigenvalue weighted by atomic mass is 10.0. The Morgan fingerprint density at radius 2 is 1.95 bits per heavy atom. The van der Waals surface area contributed by atoms with Crippen LogP contribution >= 0.6 is 0 Å². The summed E-state index contributed by atoms with van der Waals surface area (Å²) < 4.78 is 1.92. The maximum atomic E-state index is 4.26. The lowest BCUT2D eigenvalue weighted by Gasteiger charge is -2.07. The van der Waals surface area contributed by atoms with Gasteiger partial charge in [0.2, 0.25) is 0 Å². The highest BCUT2D eigenvalue weighted by molar-refractivity contribution is 5.85. The number of benzene rings is 2. The van der Waals surface area contributed by atoms with Crippen LogP contribution in [0.15, 0.2) is 54.9 Å². The van der Waals surface area contributed by atoms with Crippen LogP contribution < -0.4 is 5.32 Å². The van der Waals surface area contributed by atoms with Crippen LogP contribution in [0.5, 0.6) is 0 Å². The van der Waals surface area contributed by atoms with Gasteiger partial charge in [-0.15, -0.1) is 0 Å². The zero-order valence-electron chi connectivity index (χ0n) is 11.0. The van der Waals surface area contributed by atoms with Gasteiger partial charge in [-0.2, -0.15) is 5.10 Å². The summed E-state index contributed by atoms with van der Waals surface area (Å²) in [5, 5.41) is 10.3. The second-order valence-electron chi connectivity index (χ2n) is 4.58. The number of hydrogen-bond acceptors (Lipinski definition) is 2. The van der Waals surface area contributed by atoms with Gasteiger partial charge in [0.25, 0.3) is 0 Å². The second-order valence-corrected chi connectivity index (χ2v) is 4.58. The number of nitrogens with zero attached hydrogens (tertiary/aromatic N) is 2. The molecule has 0 aliphatic heterocycles. The van der Waals surface area contributed by atoms with E-state index in [2.05, 4.69) is 59.8 Å². The predicted octanol–water partition coefficient (Wildman–Crippen LogP) is 3.67. The molecule has 0 radical (unpaired) electrons. The molecule has 0 aliphatic rings. The van der Waals surface area contributed by atoms with E-state index in [-0.39, 0.29) is 0 Å². The topological polar surface area (TPSA) is 29.9 Å². The highest BCUT2D eigenvalue weighted by Crippen LogP contribution is 2.19. The van der Waals surface area contributed by atoms with E-state index in [1.54, 1.807) is 0 Å². The van der Waals surface area contributed by atoms with Crippen molar-refractivity contribution in [2.75, 3.05) is 5.32 Å². The third kappa shape index (κ3) is 2.45. The minimum atomic E-state index is 0.816. The summed E-state index contributed by atoms with van der Waals surface area (Å²) in [5.41, 5.74) is 2.37. The lowest BCUT2D eigenvalue weighted by molar-refractivity contribution is 0.660. The largest absolute Gasteiger partial charge is 0.378 e. The average molecular weight is 251 g/mol. The van der Waals surface area contributed by atoms with Crippen molar-refractivity contribution in [1.82, 2.24) is 9.78 Å². The highest BCUT2D eigenvalue weighted by Gasteiger charge is 2.01. The third-order valence-corrected chi connectivity index (χ3v) is 3.32. The Morgan fingerprint density at radius 1 is 1.11 bits per heavy atom. The molecule has 0 atom stereocenters. The van der Waals surface area contributed by atoms with Crippen LogP contribution in [-0.4, -0.2) is 9.78 Å². The van der Waals surface area contributed by atoms with Gasteiger partial charge in [0, 0.05) is 19.3 Å². The summed E-state index contributed by atoms with van der Waals surface area (Å²) in [6.45, 7) is 3.80. The molecule has 3 nitrogen and oxygen atoms in total. The number of aromatic nitrogens is 2. The fraction of sp³-hybridized carbons (Fsp3) is 0.188. The van der Waals surface area contributed by atoms with Gasteiger partial charge in [0.05, 0.1) is 11.9 Å². The van der Waals surface area contributed by atoms with Crippen molar-refractivity contribution in [1.29, 1.82) is 0 Å². The van der Waals surface area contributed by atoms with E-state index in [1.807, 2.05) is 17.1 Å². The van der Waals surface area contributed by atoms with Crippen molar-refractivity contribution in [3.05, 3.63) is 60.4 Å². The quantitative estimate of drug-likeness (QED) is 0.766. The van der Waals surface area contributed by atoms with E-state index in [0.717, 1.165) is 18.8 Å². The normalized spacial score (nSPS) is 10.8. The SMILES string of the molecule is CCn1cc(NCc2cccc3ccccc23)cn1. The van der Waals surface area contributed by atoms with Crippen LogP contribution in [0.3, 0.4) is 0 Å². The molecule has 0 aliphatic carbocycles. The fourth-order valence-electron chi connectivity index (χ4n) is 2.27. The predicted molar refractivity (Wildman–Crippen MR) is 79.2 cm³/mol. The van der Waals surface area contributed by atoms with E-state index >= 15 is 0 Å². The molecule has 0 bridgehead atoms. The number of anilines is 1. The molecule has 96 valence electrons. The number of rotatable bonds is 4. The smallest absolute Gasteiger partial charge is 0.0729 e. The van der Waals surface area contributed by atoms with E-state index < -0.39 is 0 Å². The van der Waals surface area contributed by atoms with E-state index in [9.17, 15) is 0 Å². The first-order valence-corrected chi connectivity index (χ1v) is 6.60. The first-order valence-electron chi connectivity index (χ1n) is 6.60. The summed E-state index contributed by atoms with van der Waals surface area (Å²) in [5.74, 6) is 0. The zero-order valence-corrected chi connectivity index (χ0v) is 11.0. The standard InChI is InChI=1S/C16H17N3/c1-2-19-12-15(11-18-19)17-10-14-8-5-7-13-6-3-4-9-16(13)14/h3-9,11-12,17H,2,10H2,1H3. The average Bonchev–Trinajstić information content (AvgIpc) is 2.93. The molecule has 1 heterocycles. The molecule has 0 unspecified atom stereocenters. The monoisotopic (exact) mass is 251 g/mol. The summed E-state index contributed by atoms with van der Waals surface area (Å²) in [7, 11) is 0. The molecule has 3 aromatic rings. The van der Waals surface area contributed by atoms with Gasteiger partial charge in [-0.25, -0.2) is 0 Å². The van der Waals surface area contributed by atoms with Crippen LogP contribution in [0, 0.1) is 0 Å². The Balaban J connectivity index is 1.81. The van der Waals surface area contributed by atoms with Crippen molar-refractivity contribution in [3.63, 3.8) is 0 Å². The van der Waals surface area contributed by atoms with Gasteiger partial charge in [-0.3, -0.25) is 4.68 Å². The Labute approximate surface area is 112 Å². The Morgan fingerprint density at radius 3 is 2.79 bits per heavy atom. The summed E-state index contributed by atoms with van der Waals surface area (Å²) in [6.07, 6.45) is 3.90. The van der Waals surface area contributed by atoms with Crippen molar-refractivity contribution < 1.29 is 0 Å². The number of aryl methyl sites for hydroxylation is 1. The molecule has 0 amide bonds. The fourth-order valence-corrected chi connectivity index (χ4v) is 2.27. The van der Waals surface area contributed by atoms with Gasteiger partial charge in [0.1, 0.15) is 0 Å². The van der Waals surface area contributed by atoms with Crippen molar-refractivity contribution in [2.24, 2.45) is 0 Å². The molecule has 19 heavy (non-hydrogen) atoms. The van der Waals surface area contributed by atoms with Gasteiger partial charge in [0.15, 0.2) is 0 Å². The summed E-state index contributed by atoms with van der Waals surface area (Å²) >= 11 is 0. The van der Waals surface area contributed by atoms with Crippen LogP contribution in [-0.2, 0) is 13.1 Å². The maximum absolute atomic E-state index is 4.26. The van der Waals surface area contributed by atoms with Gasteiger partial charge >= 0.3 is 0 Å². The van der Waals surface area contributed by atoms with Crippen LogP contribution in [0.1, 0.15) is 12.5 Å². The Hall–Kier alpha value is -2.29. The first-order chi connectivity index (χ1) is 9.36. The minimum absolute atomic E-state index is 0.816. The molecule has 1 N–H and O–H groups in total. The van der Waals surface area contributed by atoms with E-state index in [0.29, 0.717) is 0 Å². The molecule has 0 fully saturated rings. The van der Waals surface area contributed by atoms with Crippen molar-refractivity contribution in [3.8, 4) is 0 Å². The van der Waals surface area contributed by atoms with E-state index in [1.165, 1.54) is 16.3 Å². The highest BCUT2D eigenvalue weighted by atomic mass is 15.3. The van der Waals surface area contributed by atoms with Gasteiger partial charge < -0.3 is 5.32 Å². The summed E-state index contributed by atoms with van der Waals surface area (Å²) in [4.78, 5) is 0. The summed E-state index contributed by atoms with van der Waals surface area (Å²) in [6, 6.07) is 14.9. The lowest BCUT2D eigenvalue weighted by Crippen LogP contribution is -1.99. The Kier molecular flexibility index (Phi) is 3.19.